The summed E-state index contributed by atoms with van der Waals surface area (Å²) in [4.78, 5) is 0. The third-order valence-corrected chi connectivity index (χ3v) is 2.87. The first kappa shape index (κ1) is 13.0. The highest BCUT2D eigenvalue weighted by atomic mass is 35.5. The minimum Gasteiger partial charge on any atom is -1.00 e. The molecule has 0 fully saturated rings. The third-order valence-electron chi connectivity index (χ3n) is 2.87. The normalized spacial score (nSPS) is 10.4. The van der Waals surface area contributed by atoms with Gasteiger partial charge in [0.15, 0.2) is 11.0 Å². The van der Waals surface area contributed by atoms with Crippen molar-refractivity contribution in [3.05, 3.63) is 30.6 Å². The molecule has 0 bridgehead atoms. The first-order valence-corrected chi connectivity index (χ1v) is 5.84. The lowest BCUT2D eigenvalue weighted by Gasteiger charge is -1.94. The van der Waals surface area contributed by atoms with Gasteiger partial charge < -0.3 is 12.4 Å². The van der Waals surface area contributed by atoms with Gasteiger partial charge in [-0.1, -0.05) is 25.5 Å². The van der Waals surface area contributed by atoms with Crippen LogP contribution in [0.1, 0.15) is 26.7 Å². The lowest BCUT2D eigenvalue weighted by molar-refractivity contribution is -0.672. The standard InChI is InChI=1S/C13H19N2.ClH/c1-3-5-10-15-11-14(4-2)12-8-6-7-9-13(12)15;/h6-9,11H,3-5,10H2,1-2H3;1H/q+1;/p-1. The zero-order valence-corrected chi connectivity index (χ0v) is 10.7. The van der Waals surface area contributed by atoms with E-state index in [1.54, 1.807) is 0 Å². The second-order valence-corrected chi connectivity index (χ2v) is 3.94. The van der Waals surface area contributed by atoms with Gasteiger partial charge >= 0.3 is 0 Å². The Labute approximate surface area is 103 Å². The van der Waals surface area contributed by atoms with Crippen LogP contribution < -0.4 is 17.0 Å². The van der Waals surface area contributed by atoms with Gasteiger partial charge in [0, 0.05) is 0 Å². The molecule has 0 spiro atoms. The molecule has 0 unspecified atom stereocenters. The fourth-order valence-electron chi connectivity index (χ4n) is 2.00. The second-order valence-electron chi connectivity index (χ2n) is 3.94. The van der Waals surface area contributed by atoms with Crippen molar-refractivity contribution in [1.29, 1.82) is 0 Å². The molecule has 0 aliphatic heterocycles. The van der Waals surface area contributed by atoms with E-state index in [9.17, 15) is 0 Å². The number of imidazole rings is 1. The summed E-state index contributed by atoms with van der Waals surface area (Å²) < 4.78 is 4.67. The molecule has 16 heavy (non-hydrogen) atoms. The summed E-state index contributed by atoms with van der Waals surface area (Å²) >= 11 is 0. The largest absolute Gasteiger partial charge is 1.00 e. The number of halogens is 1. The van der Waals surface area contributed by atoms with Crippen LogP contribution in [0.15, 0.2) is 30.6 Å². The van der Waals surface area contributed by atoms with Crippen LogP contribution in [-0.4, -0.2) is 4.57 Å². The van der Waals surface area contributed by atoms with Gasteiger partial charge in [0.1, 0.15) is 0 Å². The molecule has 1 aromatic heterocycles. The molecule has 3 heteroatoms. The SMILES string of the molecule is CCCC[n+]1cn(CC)c2ccccc21.[Cl-]. The Morgan fingerprint density at radius 2 is 1.94 bits per heavy atom. The van der Waals surface area contributed by atoms with Crippen LogP contribution in [0.4, 0.5) is 0 Å². The predicted molar refractivity (Wildman–Crippen MR) is 62.7 cm³/mol. The van der Waals surface area contributed by atoms with Crippen LogP contribution >= 0.6 is 0 Å². The number of unbranched alkanes of at least 4 members (excludes halogenated alkanes) is 1. The summed E-state index contributed by atoms with van der Waals surface area (Å²) in [5.41, 5.74) is 2.70. The highest BCUT2D eigenvalue weighted by molar-refractivity contribution is 5.71. The van der Waals surface area contributed by atoms with Crippen molar-refractivity contribution in [3.8, 4) is 0 Å². The van der Waals surface area contributed by atoms with E-state index in [1.807, 2.05) is 0 Å². The van der Waals surface area contributed by atoms with E-state index in [2.05, 4.69) is 53.6 Å². The summed E-state index contributed by atoms with van der Waals surface area (Å²) in [6.07, 6.45) is 4.74. The van der Waals surface area contributed by atoms with Crippen molar-refractivity contribution in [2.24, 2.45) is 0 Å². The van der Waals surface area contributed by atoms with E-state index in [-0.39, 0.29) is 12.4 Å². The number of aryl methyl sites for hydroxylation is 2. The Morgan fingerprint density at radius 3 is 2.62 bits per heavy atom. The van der Waals surface area contributed by atoms with E-state index in [0.29, 0.717) is 0 Å². The quantitative estimate of drug-likeness (QED) is 0.650. The lowest BCUT2D eigenvalue weighted by atomic mass is 10.3. The van der Waals surface area contributed by atoms with E-state index < -0.39 is 0 Å². The average Bonchev–Trinajstić information content (AvgIpc) is 2.65. The van der Waals surface area contributed by atoms with Gasteiger partial charge in [-0.3, -0.25) is 0 Å². The zero-order chi connectivity index (χ0) is 10.7. The third kappa shape index (κ3) is 2.38. The number of benzene rings is 1. The lowest BCUT2D eigenvalue weighted by Crippen LogP contribution is -3.00. The molecule has 1 aromatic carbocycles. The molecule has 0 atom stereocenters. The van der Waals surface area contributed by atoms with Crippen LogP contribution in [0.5, 0.6) is 0 Å². The molecule has 2 rings (SSSR count). The van der Waals surface area contributed by atoms with Gasteiger partial charge in [0.05, 0.1) is 13.1 Å². The maximum absolute atomic E-state index is 2.36. The number of rotatable bonds is 4. The van der Waals surface area contributed by atoms with Crippen molar-refractivity contribution in [3.63, 3.8) is 0 Å². The van der Waals surface area contributed by atoms with Gasteiger partial charge in [-0.25, -0.2) is 9.13 Å². The van der Waals surface area contributed by atoms with Gasteiger partial charge in [-0.15, -0.1) is 0 Å². The molecule has 0 aliphatic carbocycles. The minimum absolute atomic E-state index is 0. The number of para-hydroxylation sites is 2. The van der Waals surface area contributed by atoms with Crippen molar-refractivity contribution < 1.29 is 17.0 Å². The van der Waals surface area contributed by atoms with E-state index in [0.717, 1.165) is 13.1 Å². The molecule has 0 N–H and O–H groups in total. The summed E-state index contributed by atoms with van der Waals surface area (Å²) in [6.45, 7) is 6.60. The molecular formula is C13H19ClN2. The summed E-state index contributed by atoms with van der Waals surface area (Å²) in [5, 5.41) is 0. The zero-order valence-electron chi connectivity index (χ0n) is 9.99. The highest BCUT2D eigenvalue weighted by Gasteiger charge is 2.12. The van der Waals surface area contributed by atoms with Crippen LogP contribution in [-0.2, 0) is 13.1 Å². The summed E-state index contributed by atoms with van der Waals surface area (Å²) in [5.74, 6) is 0. The maximum Gasteiger partial charge on any atom is 0.244 e. The van der Waals surface area contributed by atoms with Crippen LogP contribution in [0.2, 0.25) is 0 Å². The predicted octanol–water partition coefficient (Wildman–Crippen LogP) is -0.247. The van der Waals surface area contributed by atoms with Gasteiger partial charge in [-0.05, 0) is 25.5 Å². The molecule has 88 valence electrons. The molecule has 2 aromatic rings. The Morgan fingerprint density at radius 1 is 1.19 bits per heavy atom. The highest BCUT2D eigenvalue weighted by Crippen LogP contribution is 2.10. The average molecular weight is 239 g/mol. The second kappa shape index (κ2) is 5.90. The summed E-state index contributed by atoms with van der Waals surface area (Å²) in [6, 6.07) is 8.63. The minimum atomic E-state index is 0. The van der Waals surface area contributed by atoms with Crippen molar-refractivity contribution in [2.45, 2.75) is 39.8 Å². The van der Waals surface area contributed by atoms with E-state index in [1.165, 1.54) is 23.9 Å². The molecular weight excluding hydrogens is 220 g/mol. The first-order chi connectivity index (χ1) is 7.36. The molecule has 2 nitrogen and oxygen atoms in total. The van der Waals surface area contributed by atoms with Gasteiger partial charge in [0.25, 0.3) is 0 Å². The van der Waals surface area contributed by atoms with Gasteiger partial charge in [-0.2, -0.15) is 0 Å². The molecule has 0 radical (unpaired) electrons. The Balaban J connectivity index is 0.00000128. The van der Waals surface area contributed by atoms with E-state index >= 15 is 0 Å². The molecule has 0 saturated heterocycles. The van der Waals surface area contributed by atoms with Crippen LogP contribution in [0, 0.1) is 0 Å². The van der Waals surface area contributed by atoms with E-state index in [4.69, 9.17) is 0 Å². The molecule has 0 saturated carbocycles. The van der Waals surface area contributed by atoms with Crippen molar-refractivity contribution in [2.75, 3.05) is 0 Å². The maximum atomic E-state index is 2.36. The summed E-state index contributed by atoms with van der Waals surface area (Å²) in [7, 11) is 0. The Kier molecular flexibility index (Phi) is 4.81. The molecule has 0 amide bonds. The topological polar surface area (TPSA) is 8.81 Å². The Bertz CT molecular complexity index is 448. The number of aromatic nitrogens is 2. The first-order valence-electron chi connectivity index (χ1n) is 5.84. The molecule has 1 heterocycles. The fraction of sp³-hybridized carbons (Fsp3) is 0.462. The number of hydrogen-bond donors (Lipinski definition) is 0. The van der Waals surface area contributed by atoms with Crippen molar-refractivity contribution >= 4 is 11.0 Å². The molecule has 0 aliphatic rings. The Hall–Kier alpha value is -1.02. The number of fused-ring (bicyclic) bond motifs is 1. The van der Waals surface area contributed by atoms with Crippen LogP contribution in [0.3, 0.4) is 0 Å². The smallest absolute Gasteiger partial charge is 0.244 e. The number of hydrogen-bond acceptors (Lipinski definition) is 0. The van der Waals surface area contributed by atoms with Crippen LogP contribution in [0.25, 0.3) is 11.0 Å². The monoisotopic (exact) mass is 238 g/mol. The van der Waals surface area contributed by atoms with Gasteiger partial charge in [0.2, 0.25) is 6.33 Å². The van der Waals surface area contributed by atoms with Crippen molar-refractivity contribution in [1.82, 2.24) is 4.57 Å². The number of nitrogens with zero attached hydrogens (tertiary/aromatic N) is 2. The fourth-order valence-corrected chi connectivity index (χ4v) is 2.00.